The van der Waals surface area contributed by atoms with Crippen LogP contribution in [0.1, 0.15) is 58.0 Å². The summed E-state index contributed by atoms with van der Waals surface area (Å²) in [4.78, 5) is 0. The highest BCUT2D eigenvalue weighted by atomic mass is 16.3. The van der Waals surface area contributed by atoms with E-state index in [-0.39, 0.29) is 5.54 Å². The highest BCUT2D eigenvalue weighted by molar-refractivity contribution is 5.07. The molecular formula is C16H28N2O. The molecule has 0 saturated heterocycles. The van der Waals surface area contributed by atoms with Crippen molar-refractivity contribution in [2.24, 2.45) is 0 Å². The quantitative estimate of drug-likeness (QED) is 0.708. The van der Waals surface area contributed by atoms with E-state index in [2.05, 4.69) is 43.5 Å². The third kappa shape index (κ3) is 6.26. The molecule has 2 N–H and O–H groups in total. The van der Waals surface area contributed by atoms with Gasteiger partial charge in [-0.15, -0.1) is 0 Å². The molecule has 1 aromatic heterocycles. The maximum Gasteiger partial charge on any atom is 0.117 e. The van der Waals surface area contributed by atoms with Crippen LogP contribution in [0.15, 0.2) is 16.5 Å². The molecule has 1 saturated carbocycles. The molecule has 2 rings (SSSR count). The molecule has 0 amide bonds. The van der Waals surface area contributed by atoms with Crippen LogP contribution in [0.3, 0.4) is 0 Å². The average Bonchev–Trinajstić information content (AvgIpc) is 3.04. The minimum atomic E-state index is 0.140. The number of hydrogen-bond acceptors (Lipinski definition) is 3. The molecule has 0 aliphatic heterocycles. The first-order valence-corrected chi connectivity index (χ1v) is 7.59. The van der Waals surface area contributed by atoms with Crippen molar-refractivity contribution in [3.63, 3.8) is 0 Å². The molecule has 19 heavy (non-hydrogen) atoms. The van der Waals surface area contributed by atoms with Crippen LogP contribution in [-0.4, -0.2) is 18.1 Å². The predicted molar refractivity (Wildman–Crippen MR) is 79.3 cm³/mol. The lowest BCUT2D eigenvalue weighted by atomic mass is 10.1. The Morgan fingerprint density at radius 1 is 1.16 bits per heavy atom. The molecule has 1 aliphatic rings. The maximum absolute atomic E-state index is 5.84. The number of unbranched alkanes of at least 4 members (excludes halogenated alkanes) is 1. The Bertz CT molecular complexity index is 374. The topological polar surface area (TPSA) is 37.2 Å². The summed E-state index contributed by atoms with van der Waals surface area (Å²) in [7, 11) is 0. The van der Waals surface area contributed by atoms with Gasteiger partial charge in [-0.25, -0.2) is 0 Å². The van der Waals surface area contributed by atoms with E-state index in [1.165, 1.54) is 25.7 Å². The van der Waals surface area contributed by atoms with Crippen LogP contribution in [0.4, 0.5) is 0 Å². The summed E-state index contributed by atoms with van der Waals surface area (Å²) < 4.78 is 5.84. The van der Waals surface area contributed by atoms with Crippen LogP contribution in [0, 0.1) is 0 Å². The first kappa shape index (κ1) is 14.6. The minimum absolute atomic E-state index is 0.140. The Morgan fingerprint density at radius 2 is 1.89 bits per heavy atom. The van der Waals surface area contributed by atoms with Gasteiger partial charge in [0.2, 0.25) is 0 Å². The van der Waals surface area contributed by atoms with E-state index in [4.69, 9.17) is 4.42 Å². The summed E-state index contributed by atoms with van der Waals surface area (Å²) in [6.07, 6.45) is 6.26. The first-order valence-electron chi connectivity index (χ1n) is 7.59. The smallest absolute Gasteiger partial charge is 0.117 e. The van der Waals surface area contributed by atoms with Gasteiger partial charge in [0.05, 0.1) is 6.54 Å². The van der Waals surface area contributed by atoms with Gasteiger partial charge in [0.25, 0.3) is 0 Å². The summed E-state index contributed by atoms with van der Waals surface area (Å²) in [6, 6.07) is 5.04. The van der Waals surface area contributed by atoms with Gasteiger partial charge in [0, 0.05) is 18.0 Å². The average molecular weight is 264 g/mol. The van der Waals surface area contributed by atoms with E-state index in [0.29, 0.717) is 0 Å². The van der Waals surface area contributed by atoms with Crippen molar-refractivity contribution in [2.45, 2.75) is 71.0 Å². The van der Waals surface area contributed by atoms with Crippen LogP contribution in [-0.2, 0) is 13.0 Å². The molecule has 0 atom stereocenters. The van der Waals surface area contributed by atoms with Gasteiger partial charge in [0.1, 0.15) is 11.5 Å². The van der Waals surface area contributed by atoms with Gasteiger partial charge in [-0.05, 0) is 65.1 Å². The number of nitrogens with one attached hydrogen (secondary N) is 2. The van der Waals surface area contributed by atoms with Gasteiger partial charge in [0.15, 0.2) is 0 Å². The van der Waals surface area contributed by atoms with Crippen molar-refractivity contribution in [3.05, 3.63) is 23.7 Å². The summed E-state index contributed by atoms with van der Waals surface area (Å²) in [5.41, 5.74) is 0.140. The molecule has 3 heteroatoms. The number of furan rings is 1. The fourth-order valence-electron chi connectivity index (χ4n) is 2.02. The van der Waals surface area contributed by atoms with Crippen LogP contribution in [0.5, 0.6) is 0 Å². The van der Waals surface area contributed by atoms with Gasteiger partial charge >= 0.3 is 0 Å². The Hall–Kier alpha value is -0.800. The van der Waals surface area contributed by atoms with Crippen LogP contribution < -0.4 is 10.6 Å². The highest BCUT2D eigenvalue weighted by Crippen LogP contribution is 2.18. The minimum Gasteiger partial charge on any atom is -0.465 e. The molecule has 3 nitrogen and oxygen atoms in total. The lowest BCUT2D eigenvalue weighted by Crippen LogP contribution is -2.34. The monoisotopic (exact) mass is 264 g/mol. The summed E-state index contributed by atoms with van der Waals surface area (Å²) in [5.74, 6) is 2.16. The molecule has 1 aliphatic carbocycles. The van der Waals surface area contributed by atoms with Crippen molar-refractivity contribution in [1.82, 2.24) is 10.6 Å². The van der Waals surface area contributed by atoms with E-state index in [1.54, 1.807) is 0 Å². The predicted octanol–water partition coefficient (Wildman–Crippen LogP) is 3.24. The standard InChI is InChI=1S/C16H28N2O/c1-16(2,3)18-12-15-10-9-14(19-15)6-4-5-11-17-13-7-8-13/h9-10,13,17-18H,4-8,11-12H2,1-3H3. The van der Waals surface area contributed by atoms with Crippen LogP contribution in [0.25, 0.3) is 0 Å². The van der Waals surface area contributed by atoms with Gasteiger partial charge in [-0.2, -0.15) is 0 Å². The van der Waals surface area contributed by atoms with Crippen molar-refractivity contribution < 1.29 is 4.42 Å². The number of hydrogen-bond donors (Lipinski definition) is 2. The third-order valence-electron chi connectivity index (χ3n) is 3.37. The van der Waals surface area contributed by atoms with Crippen LogP contribution >= 0.6 is 0 Å². The second kappa shape index (κ2) is 6.58. The van der Waals surface area contributed by atoms with Crippen molar-refractivity contribution in [1.29, 1.82) is 0 Å². The lowest BCUT2D eigenvalue weighted by Gasteiger charge is -2.19. The maximum atomic E-state index is 5.84. The van der Waals surface area contributed by atoms with E-state index in [1.807, 2.05) is 0 Å². The third-order valence-corrected chi connectivity index (χ3v) is 3.37. The molecule has 0 radical (unpaired) electrons. The van der Waals surface area contributed by atoms with Crippen molar-refractivity contribution >= 4 is 0 Å². The second-order valence-corrected chi connectivity index (χ2v) is 6.66. The largest absolute Gasteiger partial charge is 0.465 e. The summed E-state index contributed by atoms with van der Waals surface area (Å²) in [6.45, 7) is 8.48. The zero-order chi connectivity index (χ0) is 13.7. The second-order valence-electron chi connectivity index (χ2n) is 6.66. The van der Waals surface area contributed by atoms with Crippen molar-refractivity contribution in [3.8, 4) is 0 Å². The fraction of sp³-hybridized carbons (Fsp3) is 0.750. The molecule has 0 spiro atoms. The molecule has 1 heterocycles. The van der Waals surface area contributed by atoms with Crippen LogP contribution in [0.2, 0.25) is 0 Å². The molecule has 0 aromatic carbocycles. The Balaban J connectivity index is 1.59. The molecule has 1 aromatic rings. The number of aryl methyl sites for hydroxylation is 1. The molecule has 0 unspecified atom stereocenters. The summed E-state index contributed by atoms with van der Waals surface area (Å²) in [5, 5.41) is 6.99. The van der Waals surface area contributed by atoms with Gasteiger partial charge in [-0.3, -0.25) is 0 Å². The SMILES string of the molecule is CC(C)(C)NCc1ccc(CCCCNC2CC2)o1. The molecule has 1 fully saturated rings. The summed E-state index contributed by atoms with van der Waals surface area (Å²) >= 11 is 0. The van der Waals surface area contributed by atoms with Crippen molar-refractivity contribution in [2.75, 3.05) is 6.54 Å². The molecule has 108 valence electrons. The zero-order valence-electron chi connectivity index (χ0n) is 12.6. The lowest BCUT2D eigenvalue weighted by molar-refractivity contribution is 0.377. The normalized spacial score (nSPS) is 15.9. The van der Waals surface area contributed by atoms with Gasteiger partial charge < -0.3 is 15.1 Å². The highest BCUT2D eigenvalue weighted by Gasteiger charge is 2.19. The van der Waals surface area contributed by atoms with Gasteiger partial charge in [-0.1, -0.05) is 0 Å². The Kier molecular flexibility index (Phi) is 5.06. The van der Waals surface area contributed by atoms with E-state index in [0.717, 1.165) is 37.1 Å². The first-order chi connectivity index (χ1) is 9.03. The molecule has 0 bridgehead atoms. The van der Waals surface area contributed by atoms with E-state index < -0.39 is 0 Å². The zero-order valence-corrected chi connectivity index (χ0v) is 12.6. The Morgan fingerprint density at radius 3 is 2.58 bits per heavy atom. The van der Waals surface area contributed by atoms with E-state index in [9.17, 15) is 0 Å². The Labute approximate surface area is 117 Å². The van der Waals surface area contributed by atoms with E-state index >= 15 is 0 Å². The fourth-order valence-corrected chi connectivity index (χ4v) is 2.02. The number of rotatable bonds is 8. The molecular weight excluding hydrogens is 236 g/mol.